The van der Waals surface area contributed by atoms with E-state index >= 15 is 0 Å². The largest absolute Gasteiger partial charge is 0.324 e. The Labute approximate surface area is 117 Å². The third kappa shape index (κ3) is 3.18. The maximum atomic E-state index is 6.18. The Hall–Kier alpha value is -0.860. The summed E-state index contributed by atoms with van der Waals surface area (Å²) in [6, 6.07) is 7.27. The van der Waals surface area contributed by atoms with Crippen LogP contribution in [0.3, 0.4) is 0 Å². The van der Waals surface area contributed by atoms with E-state index in [1.54, 1.807) is 0 Å². The van der Waals surface area contributed by atoms with Gasteiger partial charge in [-0.1, -0.05) is 24.6 Å². The predicted octanol–water partition coefficient (Wildman–Crippen LogP) is 3.05. The lowest BCUT2D eigenvalue weighted by molar-refractivity contribution is 0.231. The normalized spacial score (nSPS) is 24.2. The van der Waals surface area contributed by atoms with Gasteiger partial charge in [0.05, 0.1) is 0 Å². The molecule has 104 valence electrons. The van der Waals surface area contributed by atoms with Crippen LogP contribution in [0.4, 0.5) is 0 Å². The van der Waals surface area contributed by atoms with Crippen LogP contribution in [0.2, 0.25) is 0 Å². The molecule has 0 saturated carbocycles. The first kappa shape index (κ1) is 13.1. The minimum Gasteiger partial charge on any atom is -0.324 e. The summed E-state index contributed by atoms with van der Waals surface area (Å²) < 4.78 is 0. The van der Waals surface area contributed by atoms with Crippen LogP contribution < -0.4 is 5.73 Å². The standard InChI is InChI=1S/C17H26N2/c18-17-6-4-5-15-13-14(7-8-16(15)17)9-12-19-10-2-1-3-11-19/h7-8,13,17H,1-6,9-12,18H2/t17-/m1/s1. The lowest BCUT2D eigenvalue weighted by Crippen LogP contribution is -2.31. The average Bonchev–Trinajstić information content (AvgIpc) is 2.46. The van der Waals surface area contributed by atoms with Gasteiger partial charge in [-0.2, -0.15) is 0 Å². The molecule has 1 fully saturated rings. The molecule has 0 bridgehead atoms. The number of benzene rings is 1. The van der Waals surface area contributed by atoms with Gasteiger partial charge in [-0.05, 0) is 68.3 Å². The van der Waals surface area contributed by atoms with Gasteiger partial charge in [0.15, 0.2) is 0 Å². The molecule has 1 aliphatic carbocycles. The van der Waals surface area contributed by atoms with Crippen molar-refractivity contribution in [1.29, 1.82) is 0 Å². The maximum absolute atomic E-state index is 6.18. The van der Waals surface area contributed by atoms with E-state index in [0.717, 1.165) is 6.42 Å². The third-order valence-corrected chi connectivity index (χ3v) is 4.73. The molecule has 2 N–H and O–H groups in total. The van der Waals surface area contributed by atoms with Crippen molar-refractivity contribution in [3.63, 3.8) is 0 Å². The van der Waals surface area contributed by atoms with Crippen LogP contribution >= 0.6 is 0 Å². The Morgan fingerprint density at radius 1 is 1.11 bits per heavy atom. The highest BCUT2D eigenvalue weighted by molar-refractivity contribution is 5.36. The molecule has 1 atom stereocenters. The number of likely N-dealkylation sites (tertiary alicyclic amines) is 1. The van der Waals surface area contributed by atoms with Crippen molar-refractivity contribution in [2.45, 2.75) is 51.0 Å². The second kappa shape index (κ2) is 6.06. The summed E-state index contributed by atoms with van der Waals surface area (Å²) in [4.78, 5) is 2.62. The first-order valence-corrected chi connectivity index (χ1v) is 7.92. The fraction of sp³-hybridized carbons (Fsp3) is 0.647. The number of fused-ring (bicyclic) bond motifs is 1. The summed E-state index contributed by atoms with van der Waals surface area (Å²) in [6.07, 6.45) is 9.03. The maximum Gasteiger partial charge on any atom is 0.0297 e. The Morgan fingerprint density at radius 3 is 2.79 bits per heavy atom. The van der Waals surface area contributed by atoms with E-state index in [1.165, 1.54) is 74.8 Å². The van der Waals surface area contributed by atoms with Crippen molar-refractivity contribution in [3.05, 3.63) is 34.9 Å². The first-order chi connectivity index (χ1) is 9.33. The summed E-state index contributed by atoms with van der Waals surface area (Å²) in [7, 11) is 0. The van der Waals surface area contributed by atoms with Gasteiger partial charge < -0.3 is 10.6 Å². The molecule has 1 aromatic rings. The Bertz CT molecular complexity index is 421. The van der Waals surface area contributed by atoms with Gasteiger partial charge in [-0.25, -0.2) is 0 Å². The lowest BCUT2D eigenvalue weighted by Gasteiger charge is -2.27. The zero-order chi connectivity index (χ0) is 13.1. The third-order valence-electron chi connectivity index (χ3n) is 4.73. The van der Waals surface area contributed by atoms with Gasteiger partial charge in [-0.3, -0.25) is 0 Å². The summed E-state index contributed by atoms with van der Waals surface area (Å²) in [5.41, 5.74) is 10.6. The van der Waals surface area contributed by atoms with Crippen molar-refractivity contribution < 1.29 is 0 Å². The number of piperidine rings is 1. The Morgan fingerprint density at radius 2 is 1.95 bits per heavy atom. The van der Waals surface area contributed by atoms with Crippen LogP contribution in [0, 0.1) is 0 Å². The molecule has 1 heterocycles. The highest BCUT2D eigenvalue weighted by Gasteiger charge is 2.17. The number of hydrogen-bond acceptors (Lipinski definition) is 2. The van der Waals surface area contributed by atoms with E-state index in [-0.39, 0.29) is 6.04 Å². The zero-order valence-electron chi connectivity index (χ0n) is 11.9. The predicted molar refractivity (Wildman–Crippen MR) is 80.3 cm³/mol. The van der Waals surface area contributed by atoms with E-state index in [4.69, 9.17) is 5.73 Å². The van der Waals surface area contributed by atoms with Crippen LogP contribution in [-0.4, -0.2) is 24.5 Å². The van der Waals surface area contributed by atoms with E-state index in [9.17, 15) is 0 Å². The van der Waals surface area contributed by atoms with Gasteiger partial charge in [-0.15, -0.1) is 0 Å². The van der Waals surface area contributed by atoms with Gasteiger partial charge in [0, 0.05) is 12.6 Å². The summed E-state index contributed by atoms with van der Waals surface area (Å²) in [5.74, 6) is 0. The second-order valence-electron chi connectivity index (χ2n) is 6.18. The number of hydrogen-bond donors (Lipinski definition) is 1. The minimum atomic E-state index is 0.278. The van der Waals surface area contributed by atoms with Crippen LogP contribution in [0.15, 0.2) is 18.2 Å². The molecular weight excluding hydrogens is 232 g/mol. The molecule has 0 amide bonds. The van der Waals surface area contributed by atoms with Crippen LogP contribution in [0.1, 0.15) is 54.8 Å². The molecule has 0 aromatic heterocycles. The number of rotatable bonds is 3. The molecule has 1 aliphatic heterocycles. The van der Waals surface area contributed by atoms with E-state index in [0.29, 0.717) is 0 Å². The molecular formula is C17H26N2. The van der Waals surface area contributed by atoms with Gasteiger partial charge in [0.1, 0.15) is 0 Å². The van der Waals surface area contributed by atoms with Crippen molar-refractivity contribution >= 4 is 0 Å². The quantitative estimate of drug-likeness (QED) is 0.903. The minimum absolute atomic E-state index is 0.278. The van der Waals surface area contributed by atoms with Crippen LogP contribution in [0.25, 0.3) is 0 Å². The van der Waals surface area contributed by atoms with E-state index in [2.05, 4.69) is 23.1 Å². The van der Waals surface area contributed by atoms with Crippen molar-refractivity contribution in [1.82, 2.24) is 4.90 Å². The molecule has 0 unspecified atom stereocenters. The molecule has 1 aromatic carbocycles. The summed E-state index contributed by atoms with van der Waals surface area (Å²) >= 11 is 0. The van der Waals surface area contributed by atoms with Crippen LogP contribution in [0.5, 0.6) is 0 Å². The highest BCUT2D eigenvalue weighted by atomic mass is 15.1. The molecule has 0 spiro atoms. The van der Waals surface area contributed by atoms with Gasteiger partial charge >= 0.3 is 0 Å². The first-order valence-electron chi connectivity index (χ1n) is 7.92. The highest BCUT2D eigenvalue weighted by Crippen LogP contribution is 2.28. The van der Waals surface area contributed by atoms with E-state index in [1.807, 2.05) is 0 Å². The Kier molecular flexibility index (Phi) is 4.19. The van der Waals surface area contributed by atoms with E-state index < -0.39 is 0 Å². The molecule has 2 heteroatoms. The van der Waals surface area contributed by atoms with Crippen molar-refractivity contribution in [3.8, 4) is 0 Å². The molecule has 19 heavy (non-hydrogen) atoms. The SMILES string of the molecule is N[C@@H]1CCCc2cc(CCN3CCCCC3)ccc21. The molecule has 2 nitrogen and oxygen atoms in total. The smallest absolute Gasteiger partial charge is 0.0297 e. The topological polar surface area (TPSA) is 29.3 Å². The lowest BCUT2D eigenvalue weighted by atomic mass is 9.87. The number of nitrogens with two attached hydrogens (primary N) is 1. The summed E-state index contributed by atoms with van der Waals surface area (Å²) in [6.45, 7) is 3.83. The Balaban J connectivity index is 1.62. The van der Waals surface area contributed by atoms with Gasteiger partial charge in [0.2, 0.25) is 0 Å². The molecule has 2 aliphatic rings. The van der Waals surface area contributed by atoms with Crippen molar-refractivity contribution in [2.24, 2.45) is 5.73 Å². The molecule has 3 rings (SSSR count). The zero-order valence-corrected chi connectivity index (χ0v) is 11.9. The summed E-state index contributed by atoms with van der Waals surface area (Å²) in [5, 5.41) is 0. The number of nitrogens with zero attached hydrogens (tertiary/aromatic N) is 1. The average molecular weight is 258 g/mol. The fourth-order valence-electron chi connectivity index (χ4n) is 3.53. The molecule has 0 radical (unpaired) electrons. The molecule has 1 saturated heterocycles. The van der Waals surface area contributed by atoms with Gasteiger partial charge in [0.25, 0.3) is 0 Å². The number of aryl methyl sites for hydroxylation is 1. The monoisotopic (exact) mass is 258 g/mol. The van der Waals surface area contributed by atoms with Crippen LogP contribution in [-0.2, 0) is 12.8 Å². The fourth-order valence-corrected chi connectivity index (χ4v) is 3.53. The van der Waals surface area contributed by atoms with Crippen molar-refractivity contribution in [2.75, 3.05) is 19.6 Å². The second-order valence-corrected chi connectivity index (χ2v) is 6.18.